The monoisotopic (exact) mass is 377 g/mol. The first kappa shape index (κ1) is 19.1. The van der Waals surface area contributed by atoms with E-state index in [2.05, 4.69) is 15.0 Å². The molecule has 3 atom stereocenters. The van der Waals surface area contributed by atoms with Gasteiger partial charge in [-0.1, -0.05) is 5.16 Å². The Morgan fingerprint density at radius 2 is 1.96 bits per heavy atom. The Kier molecular flexibility index (Phi) is 5.52. The number of hydrogen-bond donors (Lipinski definition) is 1. The molecule has 0 amide bonds. The Hall–Kier alpha value is -1.68. The van der Waals surface area contributed by atoms with Gasteiger partial charge in [-0.3, -0.25) is 4.90 Å². The number of carboxylic acids is 1. The summed E-state index contributed by atoms with van der Waals surface area (Å²) in [5.41, 5.74) is 0. The molecule has 7 nitrogen and oxygen atoms in total. The fourth-order valence-electron chi connectivity index (χ4n) is 3.50. The maximum Gasteiger partial charge on any atom is 0.490 e. The smallest absolute Gasteiger partial charge is 0.475 e. The number of ether oxygens (including phenoxy) is 1. The van der Waals surface area contributed by atoms with Gasteiger partial charge in [-0.25, -0.2) is 4.79 Å². The third-order valence-electron chi connectivity index (χ3n) is 4.91. The highest BCUT2D eigenvalue weighted by Gasteiger charge is 2.43. The molecule has 0 radical (unpaired) electrons. The molecule has 0 spiro atoms. The molecule has 0 bridgehead atoms. The highest BCUT2D eigenvalue weighted by molar-refractivity contribution is 5.73. The van der Waals surface area contributed by atoms with Crippen molar-refractivity contribution in [2.45, 2.75) is 63.5 Å². The van der Waals surface area contributed by atoms with E-state index < -0.39 is 12.1 Å². The SMILES string of the molecule is Cc1noc([C@H]2CC[C@@H]3[C@@H](CCN3CC3CC3)O2)n1.O=C(O)C(F)(F)F. The van der Waals surface area contributed by atoms with Crippen molar-refractivity contribution in [2.75, 3.05) is 13.1 Å². The Morgan fingerprint density at radius 1 is 1.27 bits per heavy atom. The molecule has 3 fully saturated rings. The van der Waals surface area contributed by atoms with E-state index in [4.69, 9.17) is 19.2 Å². The predicted octanol–water partition coefficient (Wildman–Crippen LogP) is 2.72. The minimum Gasteiger partial charge on any atom is -0.475 e. The number of fused-ring (bicyclic) bond motifs is 1. The molecule has 26 heavy (non-hydrogen) atoms. The molecule has 0 aromatic carbocycles. The van der Waals surface area contributed by atoms with E-state index in [0.717, 1.165) is 18.8 Å². The van der Waals surface area contributed by atoms with Crippen LogP contribution in [0.2, 0.25) is 0 Å². The van der Waals surface area contributed by atoms with Gasteiger partial charge in [0.25, 0.3) is 5.89 Å². The van der Waals surface area contributed by atoms with Crippen molar-refractivity contribution in [3.8, 4) is 0 Å². The molecule has 4 rings (SSSR count). The lowest BCUT2D eigenvalue weighted by atomic mass is 9.99. The van der Waals surface area contributed by atoms with Gasteiger partial charge in [0.1, 0.15) is 6.10 Å². The highest BCUT2D eigenvalue weighted by Crippen LogP contribution is 2.39. The third-order valence-corrected chi connectivity index (χ3v) is 4.91. The summed E-state index contributed by atoms with van der Waals surface area (Å²) in [6.07, 6.45) is 1.51. The molecule has 1 aliphatic carbocycles. The Balaban J connectivity index is 0.000000242. The normalized spacial score (nSPS) is 29.0. The number of aliphatic carboxylic acids is 1. The summed E-state index contributed by atoms with van der Waals surface area (Å²) >= 11 is 0. The van der Waals surface area contributed by atoms with Crippen LogP contribution in [0.1, 0.15) is 49.9 Å². The fraction of sp³-hybridized carbons (Fsp3) is 0.812. The second-order valence-electron chi connectivity index (χ2n) is 7.02. The fourth-order valence-corrected chi connectivity index (χ4v) is 3.50. The number of aryl methyl sites for hydroxylation is 1. The summed E-state index contributed by atoms with van der Waals surface area (Å²) in [6, 6.07) is 0.626. The van der Waals surface area contributed by atoms with Crippen LogP contribution in [0.4, 0.5) is 13.2 Å². The standard InChI is InChI=1S/C14H21N3O2.C2HF3O2/c1-9-15-14(19-16-9)13-5-4-11-12(18-13)6-7-17(11)8-10-2-3-10;3-2(4,5)1(6)7/h10-13H,2-8H2,1H3;(H,6,7)/t11-,12-,13-;/m1./s1. The van der Waals surface area contributed by atoms with E-state index in [0.29, 0.717) is 23.9 Å². The van der Waals surface area contributed by atoms with Crippen molar-refractivity contribution in [1.82, 2.24) is 15.0 Å². The molecule has 1 aromatic rings. The molecule has 1 N–H and O–H groups in total. The maximum atomic E-state index is 10.6. The van der Waals surface area contributed by atoms with Crippen LogP contribution >= 0.6 is 0 Å². The summed E-state index contributed by atoms with van der Waals surface area (Å²) in [7, 11) is 0. The number of alkyl halides is 3. The van der Waals surface area contributed by atoms with Gasteiger partial charge in [-0.2, -0.15) is 18.2 Å². The van der Waals surface area contributed by atoms with Gasteiger partial charge in [0.05, 0.1) is 6.10 Å². The molecule has 146 valence electrons. The lowest BCUT2D eigenvalue weighted by Crippen LogP contribution is -2.41. The third kappa shape index (κ3) is 4.73. The van der Waals surface area contributed by atoms with E-state index in [-0.39, 0.29) is 6.10 Å². The number of likely N-dealkylation sites (tertiary alicyclic amines) is 1. The second kappa shape index (κ2) is 7.51. The lowest BCUT2D eigenvalue weighted by molar-refractivity contribution is -0.192. The van der Waals surface area contributed by atoms with Crippen LogP contribution in [0, 0.1) is 12.8 Å². The van der Waals surface area contributed by atoms with Crippen LogP contribution in [0.15, 0.2) is 4.52 Å². The van der Waals surface area contributed by atoms with Crippen LogP contribution in [-0.4, -0.2) is 57.5 Å². The first-order chi connectivity index (χ1) is 12.2. The first-order valence-electron chi connectivity index (χ1n) is 8.74. The van der Waals surface area contributed by atoms with Crippen molar-refractivity contribution in [3.63, 3.8) is 0 Å². The number of carboxylic acid groups (broad SMARTS) is 1. The summed E-state index contributed by atoms with van der Waals surface area (Å²) in [4.78, 5) is 15.9. The van der Waals surface area contributed by atoms with Gasteiger partial charge in [-0.05, 0) is 44.9 Å². The molecular formula is C16H22F3N3O4. The van der Waals surface area contributed by atoms with Crippen LogP contribution in [0.5, 0.6) is 0 Å². The predicted molar refractivity (Wildman–Crippen MR) is 82.3 cm³/mol. The highest BCUT2D eigenvalue weighted by atomic mass is 19.4. The van der Waals surface area contributed by atoms with Crippen molar-refractivity contribution in [3.05, 3.63) is 11.7 Å². The number of rotatable bonds is 3. The van der Waals surface area contributed by atoms with E-state index in [1.165, 1.54) is 32.4 Å². The minimum atomic E-state index is -5.08. The van der Waals surface area contributed by atoms with Crippen molar-refractivity contribution in [2.24, 2.45) is 5.92 Å². The topological polar surface area (TPSA) is 88.7 Å². The minimum absolute atomic E-state index is 0.0170. The maximum absolute atomic E-state index is 10.6. The van der Waals surface area contributed by atoms with E-state index in [1.807, 2.05) is 6.92 Å². The molecule has 10 heteroatoms. The quantitative estimate of drug-likeness (QED) is 0.866. The number of nitrogens with zero attached hydrogens (tertiary/aromatic N) is 3. The first-order valence-corrected chi connectivity index (χ1v) is 8.74. The molecule has 1 saturated carbocycles. The molecular weight excluding hydrogens is 355 g/mol. The second-order valence-corrected chi connectivity index (χ2v) is 7.02. The van der Waals surface area contributed by atoms with E-state index >= 15 is 0 Å². The van der Waals surface area contributed by atoms with Gasteiger partial charge >= 0.3 is 12.1 Å². The van der Waals surface area contributed by atoms with Gasteiger partial charge in [0, 0.05) is 19.1 Å². The van der Waals surface area contributed by atoms with Gasteiger partial charge in [-0.15, -0.1) is 0 Å². The summed E-state index contributed by atoms with van der Waals surface area (Å²) in [5, 5.41) is 11.0. The zero-order valence-corrected chi connectivity index (χ0v) is 14.4. The van der Waals surface area contributed by atoms with Crippen molar-refractivity contribution >= 4 is 5.97 Å². The van der Waals surface area contributed by atoms with Gasteiger partial charge < -0.3 is 14.4 Å². The van der Waals surface area contributed by atoms with Crippen LogP contribution in [-0.2, 0) is 9.53 Å². The zero-order valence-electron chi connectivity index (χ0n) is 14.4. The van der Waals surface area contributed by atoms with Crippen LogP contribution in [0.3, 0.4) is 0 Å². The lowest BCUT2D eigenvalue weighted by Gasteiger charge is -2.34. The van der Waals surface area contributed by atoms with Gasteiger partial charge in [0.2, 0.25) is 0 Å². The van der Waals surface area contributed by atoms with E-state index in [1.54, 1.807) is 0 Å². The van der Waals surface area contributed by atoms with Crippen LogP contribution in [0.25, 0.3) is 0 Å². The number of hydrogen-bond acceptors (Lipinski definition) is 6. The molecule has 0 unspecified atom stereocenters. The number of aromatic nitrogens is 2. The Bertz CT molecular complexity index is 633. The van der Waals surface area contributed by atoms with Crippen molar-refractivity contribution < 1.29 is 32.3 Å². The van der Waals surface area contributed by atoms with Crippen LogP contribution < -0.4 is 0 Å². The molecule has 2 saturated heterocycles. The molecule has 3 heterocycles. The number of halogens is 3. The zero-order chi connectivity index (χ0) is 18.9. The molecule has 2 aliphatic heterocycles. The summed E-state index contributed by atoms with van der Waals surface area (Å²) < 4.78 is 43.2. The Labute approximate surface area is 148 Å². The summed E-state index contributed by atoms with van der Waals surface area (Å²) in [5.74, 6) is -0.429. The largest absolute Gasteiger partial charge is 0.490 e. The Morgan fingerprint density at radius 3 is 2.50 bits per heavy atom. The van der Waals surface area contributed by atoms with Gasteiger partial charge in [0.15, 0.2) is 5.82 Å². The molecule has 3 aliphatic rings. The average Bonchev–Trinajstić information content (AvgIpc) is 3.14. The van der Waals surface area contributed by atoms with E-state index in [9.17, 15) is 13.2 Å². The summed E-state index contributed by atoms with van der Waals surface area (Å²) in [6.45, 7) is 4.34. The number of carbonyl (C=O) groups is 1. The average molecular weight is 377 g/mol. The van der Waals surface area contributed by atoms with Crippen molar-refractivity contribution in [1.29, 1.82) is 0 Å². The molecule has 1 aromatic heterocycles.